The van der Waals surface area contributed by atoms with Crippen LogP contribution in [-0.4, -0.2) is 22.2 Å². The molecule has 3 aromatic rings. The zero-order chi connectivity index (χ0) is 17.1. The quantitative estimate of drug-likeness (QED) is 0.708. The van der Waals surface area contributed by atoms with E-state index in [0.717, 1.165) is 16.3 Å². The number of aromatic carboxylic acids is 2. The molecule has 4 nitrogen and oxygen atoms in total. The molecule has 0 radical (unpaired) electrons. The molecule has 0 aliphatic heterocycles. The standard InChI is InChI=1S/C20H12O4/c21-19(22)17-10-4-8-15(18(17)20(23)24)12-11-14-7-3-6-13-5-1-2-9-16(13)14/h1-10H,(H,21,22)(H,23,24). The average Bonchev–Trinajstić information content (AvgIpc) is 2.59. The zero-order valence-electron chi connectivity index (χ0n) is 12.5. The summed E-state index contributed by atoms with van der Waals surface area (Å²) in [6, 6.07) is 17.7. The molecule has 0 aromatic heterocycles. The number of fused-ring (bicyclic) bond motifs is 1. The zero-order valence-corrected chi connectivity index (χ0v) is 12.5. The van der Waals surface area contributed by atoms with Gasteiger partial charge in [0, 0.05) is 11.1 Å². The van der Waals surface area contributed by atoms with Gasteiger partial charge >= 0.3 is 11.9 Å². The van der Waals surface area contributed by atoms with E-state index >= 15 is 0 Å². The van der Waals surface area contributed by atoms with Crippen molar-refractivity contribution in [1.29, 1.82) is 0 Å². The van der Waals surface area contributed by atoms with E-state index in [1.807, 2.05) is 42.5 Å². The Bertz CT molecular complexity index is 1020. The monoisotopic (exact) mass is 316 g/mol. The van der Waals surface area contributed by atoms with Crippen molar-refractivity contribution in [2.24, 2.45) is 0 Å². The number of hydrogen-bond acceptors (Lipinski definition) is 2. The van der Waals surface area contributed by atoms with Gasteiger partial charge in [-0.3, -0.25) is 0 Å². The molecule has 0 fully saturated rings. The number of carbonyl (C=O) groups is 2. The predicted octanol–water partition coefficient (Wildman–Crippen LogP) is 3.64. The highest BCUT2D eigenvalue weighted by molar-refractivity contribution is 6.03. The van der Waals surface area contributed by atoms with Crippen molar-refractivity contribution in [3.63, 3.8) is 0 Å². The summed E-state index contributed by atoms with van der Waals surface area (Å²) >= 11 is 0. The van der Waals surface area contributed by atoms with Crippen molar-refractivity contribution in [3.8, 4) is 11.8 Å². The molecule has 0 spiro atoms. The molecule has 0 atom stereocenters. The van der Waals surface area contributed by atoms with E-state index in [0.29, 0.717) is 0 Å². The maximum Gasteiger partial charge on any atom is 0.337 e. The fourth-order valence-corrected chi connectivity index (χ4v) is 2.53. The van der Waals surface area contributed by atoms with Gasteiger partial charge in [-0.25, -0.2) is 9.59 Å². The maximum atomic E-state index is 11.4. The van der Waals surface area contributed by atoms with Crippen LogP contribution in [0, 0.1) is 11.8 Å². The first kappa shape index (κ1) is 15.3. The molecule has 0 aliphatic carbocycles. The van der Waals surface area contributed by atoms with E-state index in [1.54, 1.807) is 0 Å². The first-order valence-corrected chi connectivity index (χ1v) is 7.17. The van der Waals surface area contributed by atoms with Crippen LogP contribution in [-0.2, 0) is 0 Å². The fraction of sp³-hybridized carbons (Fsp3) is 0. The van der Waals surface area contributed by atoms with Crippen LogP contribution in [0.5, 0.6) is 0 Å². The van der Waals surface area contributed by atoms with Gasteiger partial charge in [0.25, 0.3) is 0 Å². The summed E-state index contributed by atoms with van der Waals surface area (Å²) in [4.78, 5) is 22.7. The third kappa shape index (κ3) is 2.83. The van der Waals surface area contributed by atoms with E-state index in [2.05, 4.69) is 11.8 Å². The Morgan fingerprint density at radius 3 is 2.08 bits per heavy atom. The predicted molar refractivity (Wildman–Crippen MR) is 90.3 cm³/mol. The molecule has 0 saturated heterocycles. The molecule has 0 aliphatic rings. The molecule has 4 heteroatoms. The molecule has 0 amide bonds. The van der Waals surface area contributed by atoms with Crippen LogP contribution < -0.4 is 0 Å². The van der Waals surface area contributed by atoms with Crippen LogP contribution in [0.4, 0.5) is 0 Å². The first-order valence-electron chi connectivity index (χ1n) is 7.17. The van der Waals surface area contributed by atoms with Crippen molar-refractivity contribution in [3.05, 3.63) is 82.9 Å². The highest BCUT2D eigenvalue weighted by atomic mass is 16.4. The van der Waals surface area contributed by atoms with Crippen LogP contribution in [0.25, 0.3) is 10.8 Å². The summed E-state index contributed by atoms with van der Waals surface area (Å²) in [7, 11) is 0. The normalized spacial score (nSPS) is 10.0. The molecule has 3 rings (SSSR count). The number of benzene rings is 3. The van der Waals surface area contributed by atoms with Crippen LogP contribution in [0.1, 0.15) is 31.8 Å². The van der Waals surface area contributed by atoms with Gasteiger partial charge in [-0.15, -0.1) is 0 Å². The maximum absolute atomic E-state index is 11.4. The van der Waals surface area contributed by atoms with Gasteiger partial charge < -0.3 is 10.2 Å². The van der Waals surface area contributed by atoms with Gasteiger partial charge in [0.15, 0.2) is 0 Å². The summed E-state index contributed by atoms with van der Waals surface area (Å²) in [6.07, 6.45) is 0. The Kier molecular flexibility index (Phi) is 4.00. The second kappa shape index (κ2) is 6.27. The Morgan fingerprint density at radius 2 is 1.33 bits per heavy atom. The van der Waals surface area contributed by atoms with Gasteiger partial charge in [-0.05, 0) is 29.0 Å². The highest BCUT2D eigenvalue weighted by Gasteiger charge is 2.18. The molecule has 3 aromatic carbocycles. The Hall–Kier alpha value is -3.58. The first-order chi connectivity index (χ1) is 11.6. The average molecular weight is 316 g/mol. The van der Waals surface area contributed by atoms with Crippen molar-refractivity contribution in [2.45, 2.75) is 0 Å². The molecule has 0 heterocycles. The third-order valence-corrected chi connectivity index (χ3v) is 3.63. The largest absolute Gasteiger partial charge is 0.478 e. The lowest BCUT2D eigenvalue weighted by atomic mass is 10.00. The number of carboxylic acid groups (broad SMARTS) is 2. The summed E-state index contributed by atoms with van der Waals surface area (Å²) in [5, 5.41) is 20.5. The lowest BCUT2D eigenvalue weighted by molar-refractivity contribution is 0.0651. The summed E-state index contributed by atoms with van der Waals surface area (Å²) in [5.41, 5.74) is 0.366. The van der Waals surface area contributed by atoms with E-state index in [4.69, 9.17) is 5.11 Å². The third-order valence-electron chi connectivity index (χ3n) is 3.63. The summed E-state index contributed by atoms with van der Waals surface area (Å²) < 4.78 is 0. The lowest BCUT2D eigenvalue weighted by Crippen LogP contribution is -2.10. The number of hydrogen-bond donors (Lipinski definition) is 2. The van der Waals surface area contributed by atoms with Crippen LogP contribution in [0.2, 0.25) is 0 Å². The SMILES string of the molecule is O=C(O)c1cccc(C#Cc2cccc3ccccc23)c1C(=O)O. The van der Waals surface area contributed by atoms with Crippen LogP contribution in [0.3, 0.4) is 0 Å². The minimum absolute atomic E-state index is 0.176. The second-order valence-corrected chi connectivity index (χ2v) is 5.12. The molecule has 0 saturated carbocycles. The molecule has 2 N–H and O–H groups in total. The lowest BCUT2D eigenvalue weighted by Gasteiger charge is -2.04. The minimum atomic E-state index is -1.31. The summed E-state index contributed by atoms with van der Waals surface area (Å²) in [5.74, 6) is 3.16. The van der Waals surface area contributed by atoms with Gasteiger partial charge in [-0.1, -0.05) is 54.3 Å². The molecule has 0 unspecified atom stereocenters. The molecule has 116 valence electrons. The minimum Gasteiger partial charge on any atom is -0.478 e. The topological polar surface area (TPSA) is 74.6 Å². The van der Waals surface area contributed by atoms with E-state index < -0.39 is 11.9 Å². The van der Waals surface area contributed by atoms with Crippen LogP contribution in [0.15, 0.2) is 60.7 Å². The Balaban J connectivity index is 2.16. The molecule has 0 bridgehead atoms. The van der Waals surface area contributed by atoms with E-state index in [9.17, 15) is 14.7 Å². The Morgan fingerprint density at radius 1 is 0.708 bits per heavy atom. The molecular formula is C20H12O4. The van der Waals surface area contributed by atoms with Crippen molar-refractivity contribution in [1.82, 2.24) is 0 Å². The fourth-order valence-electron chi connectivity index (χ4n) is 2.53. The van der Waals surface area contributed by atoms with E-state index in [-0.39, 0.29) is 16.7 Å². The second-order valence-electron chi connectivity index (χ2n) is 5.12. The number of rotatable bonds is 2. The number of carboxylic acids is 2. The van der Waals surface area contributed by atoms with Gasteiger partial charge in [0.1, 0.15) is 0 Å². The van der Waals surface area contributed by atoms with Gasteiger partial charge in [0.05, 0.1) is 11.1 Å². The van der Waals surface area contributed by atoms with Crippen molar-refractivity contribution >= 4 is 22.7 Å². The highest BCUT2D eigenvalue weighted by Crippen LogP contribution is 2.19. The van der Waals surface area contributed by atoms with Crippen molar-refractivity contribution < 1.29 is 19.8 Å². The molecule has 24 heavy (non-hydrogen) atoms. The van der Waals surface area contributed by atoms with Gasteiger partial charge in [-0.2, -0.15) is 0 Å². The summed E-state index contributed by atoms with van der Waals surface area (Å²) in [6.45, 7) is 0. The van der Waals surface area contributed by atoms with Crippen molar-refractivity contribution in [2.75, 3.05) is 0 Å². The Labute approximate surface area is 138 Å². The molecular weight excluding hydrogens is 304 g/mol. The van der Waals surface area contributed by atoms with Crippen LogP contribution >= 0.6 is 0 Å². The van der Waals surface area contributed by atoms with Gasteiger partial charge in [0.2, 0.25) is 0 Å². The smallest absolute Gasteiger partial charge is 0.337 e. The van der Waals surface area contributed by atoms with E-state index in [1.165, 1.54) is 18.2 Å².